The highest BCUT2D eigenvalue weighted by Gasteiger charge is 2.25. The summed E-state index contributed by atoms with van der Waals surface area (Å²) in [6.07, 6.45) is 24.6. The van der Waals surface area contributed by atoms with Crippen LogP contribution in [0.3, 0.4) is 0 Å². The van der Waals surface area contributed by atoms with Gasteiger partial charge in [0.1, 0.15) is 13.1 Å². The first-order valence-corrected chi connectivity index (χ1v) is 16.1. The van der Waals surface area contributed by atoms with E-state index in [2.05, 4.69) is 106 Å². The molecule has 2 fully saturated rings. The van der Waals surface area contributed by atoms with Gasteiger partial charge >= 0.3 is 0 Å². The Morgan fingerprint density at radius 1 is 0.595 bits per heavy atom. The number of halogens is 2. The fraction of sp³-hybridized carbons (Fsp3) is 0.556. The first kappa shape index (κ1) is 34.9. The van der Waals surface area contributed by atoms with Gasteiger partial charge in [-0.05, 0) is 115 Å². The molecule has 0 saturated carbocycles. The number of hydrogen-bond acceptors (Lipinski definition) is 2. The Labute approximate surface area is 276 Å². The summed E-state index contributed by atoms with van der Waals surface area (Å²) in [5.41, 5.74) is 6.12. The van der Waals surface area contributed by atoms with E-state index in [1.807, 2.05) is 0 Å². The zero-order valence-electron chi connectivity index (χ0n) is 25.9. The lowest BCUT2D eigenvalue weighted by molar-refractivity contribution is -0.698. The van der Waals surface area contributed by atoms with Gasteiger partial charge in [0.05, 0.1) is 0 Å². The number of rotatable bonds is 14. The van der Waals surface area contributed by atoms with Crippen LogP contribution in [0.2, 0.25) is 0 Å². The molecule has 5 rings (SSSR count). The van der Waals surface area contributed by atoms with Crippen LogP contribution in [-0.2, 0) is 25.9 Å². The van der Waals surface area contributed by atoms with E-state index in [9.17, 15) is 0 Å². The second-order valence-electron chi connectivity index (χ2n) is 12.4. The number of benzene rings is 1. The van der Waals surface area contributed by atoms with Crippen molar-refractivity contribution in [2.45, 2.75) is 102 Å². The summed E-state index contributed by atoms with van der Waals surface area (Å²) in [6, 6.07) is 19.5. The first-order chi connectivity index (χ1) is 19.7. The number of nitrogens with zero attached hydrogens (tertiary/aromatic N) is 4. The highest BCUT2D eigenvalue weighted by Crippen LogP contribution is 2.30. The summed E-state index contributed by atoms with van der Waals surface area (Å²) in [5, 5.41) is 0. The average Bonchev–Trinajstić information content (AvgIpc) is 3.61. The minimum absolute atomic E-state index is 0. The molecule has 4 nitrogen and oxygen atoms in total. The molecule has 0 aliphatic carbocycles. The van der Waals surface area contributed by atoms with Gasteiger partial charge < -0.3 is 34.0 Å². The highest BCUT2D eigenvalue weighted by atomic mass is 79.9. The number of pyridine rings is 2. The Balaban J connectivity index is 0.00000242. The van der Waals surface area contributed by atoms with Crippen LogP contribution >= 0.6 is 0 Å². The molecule has 0 bridgehead atoms. The normalized spacial score (nSPS) is 19.0. The number of hydrogen-bond donors (Lipinski definition) is 0. The van der Waals surface area contributed by atoms with Crippen molar-refractivity contribution in [3.8, 4) is 0 Å². The Kier molecular flexibility index (Phi) is 15.2. The van der Waals surface area contributed by atoms with Crippen LogP contribution in [0.15, 0.2) is 73.3 Å². The summed E-state index contributed by atoms with van der Waals surface area (Å²) in [7, 11) is 4.53. The van der Waals surface area contributed by atoms with E-state index in [0.29, 0.717) is 12.1 Å². The van der Waals surface area contributed by atoms with Gasteiger partial charge in [0, 0.05) is 48.2 Å². The van der Waals surface area contributed by atoms with Gasteiger partial charge in [-0.25, -0.2) is 9.13 Å². The molecule has 42 heavy (non-hydrogen) atoms. The van der Waals surface area contributed by atoms with Crippen LogP contribution in [0, 0.1) is 0 Å². The van der Waals surface area contributed by atoms with Crippen molar-refractivity contribution in [2.24, 2.45) is 0 Å². The van der Waals surface area contributed by atoms with Crippen molar-refractivity contribution >= 4 is 0 Å². The van der Waals surface area contributed by atoms with Crippen molar-refractivity contribution in [3.05, 3.63) is 95.6 Å². The lowest BCUT2D eigenvalue weighted by Crippen LogP contribution is -3.00. The molecular weight excluding hydrogens is 648 g/mol. The molecule has 2 atom stereocenters. The molecule has 230 valence electrons. The molecule has 6 heteroatoms. The van der Waals surface area contributed by atoms with E-state index in [1.54, 1.807) is 11.1 Å². The molecule has 1 unspecified atom stereocenters. The van der Waals surface area contributed by atoms with Gasteiger partial charge in [-0.3, -0.25) is 9.80 Å². The summed E-state index contributed by atoms with van der Waals surface area (Å²) in [6.45, 7) is 4.72. The van der Waals surface area contributed by atoms with Crippen LogP contribution in [0.1, 0.15) is 98.5 Å². The van der Waals surface area contributed by atoms with Crippen molar-refractivity contribution < 1.29 is 43.1 Å². The standard InChI is InChI=1S/C36H52N4.2BrH/c1-37-23-13-21-35(37)33-19-11-27-39(29-33)25-9-3-5-15-31-17-7-8-18-32(31)16-6-4-10-26-40-28-12-20-34(30-40)36-22-14-24-38(36)2;;/h7-8,11-12,17-20,27-30,35-36H,3-6,9-10,13-16,21-26H2,1-2H3;2*1H/q+2;;/p-2/t35-,36?;;/m0../s1. The predicted molar refractivity (Wildman–Crippen MR) is 164 cm³/mol. The number of aryl methyl sites for hydroxylation is 4. The van der Waals surface area contributed by atoms with Gasteiger partial charge in [0.2, 0.25) is 0 Å². The van der Waals surface area contributed by atoms with E-state index in [1.165, 1.54) is 101 Å². The maximum absolute atomic E-state index is 2.50. The Morgan fingerprint density at radius 3 is 1.45 bits per heavy atom. The molecule has 1 aromatic carbocycles. The van der Waals surface area contributed by atoms with Crippen LogP contribution in [0.5, 0.6) is 0 Å². The van der Waals surface area contributed by atoms with Crippen molar-refractivity contribution in [1.29, 1.82) is 0 Å². The summed E-state index contributed by atoms with van der Waals surface area (Å²) >= 11 is 0. The Bertz CT molecular complexity index is 1110. The van der Waals surface area contributed by atoms with Gasteiger partial charge in [-0.15, -0.1) is 0 Å². The average molecular weight is 701 g/mol. The van der Waals surface area contributed by atoms with Gasteiger partial charge in [-0.1, -0.05) is 24.3 Å². The van der Waals surface area contributed by atoms with E-state index in [0.717, 1.165) is 13.1 Å². The minimum atomic E-state index is 0. The second kappa shape index (κ2) is 18.3. The molecule has 2 aliphatic rings. The third kappa shape index (κ3) is 9.97. The molecule has 4 heterocycles. The fourth-order valence-corrected chi connectivity index (χ4v) is 7.04. The maximum atomic E-state index is 2.50. The minimum Gasteiger partial charge on any atom is -1.00 e. The van der Waals surface area contributed by atoms with Crippen LogP contribution in [0.4, 0.5) is 0 Å². The second-order valence-corrected chi connectivity index (χ2v) is 12.4. The molecule has 0 amide bonds. The van der Waals surface area contributed by atoms with Gasteiger partial charge in [0.15, 0.2) is 24.8 Å². The van der Waals surface area contributed by atoms with E-state index < -0.39 is 0 Å². The quantitative estimate of drug-likeness (QED) is 0.181. The van der Waals surface area contributed by atoms with Gasteiger partial charge in [0.25, 0.3) is 0 Å². The number of aromatic nitrogens is 2. The van der Waals surface area contributed by atoms with E-state index >= 15 is 0 Å². The Morgan fingerprint density at radius 2 is 1.05 bits per heavy atom. The van der Waals surface area contributed by atoms with Crippen LogP contribution in [0.25, 0.3) is 0 Å². The summed E-state index contributed by atoms with van der Waals surface area (Å²) in [5.74, 6) is 0. The monoisotopic (exact) mass is 698 g/mol. The lowest BCUT2D eigenvalue weighted by Gasteiger charge is -2.18. The molecule has 0 radical (unpaired) electrons. The molecule has 2 saturated heterocycles. The number of unbranched alkanes of at least 4 members (excludes halogenated alkanes) is 4. The smallest absolute Gasteiger partial charge is 0.173 e. The van der Waals surface area contributed by atoms with E-state index in [4.69, 9.17) is 0 Å². The van der Waals surface area contributed by atoms with Crippen molar-refractivity contribution in [3.63, 3.8) is 0 Å². The zero-order chi connectivity index (χ0) is 27.6. The predicted octanol–water partition coefficient (Wildman–Crippen LogP) is 0.629. The first-order valence-electron chi connectivity index (χ1n) is 16.1. The molecule has 3 aromatic rings. The highest BCUT2D eigenvalue weighted by molar-refractivity contribution is 5.27. The van der Waals surface area contributed by atoms with Gasteiger partial charge in [-0.2, -0.15) is 0 Å². The van der Waals surface area contributed by atoms with Crippen molar-refractivity contribution in [1.82, 2.24) is 9.80 Å². The molecule has 2 aromatic heterocycles. The summed E-state index contributed by atoms with van der Waals surface area (Å²) < 4.78 is 4.83. The maximum Gasteiger partial charge on any atom is 0.173 e. The zero-order valence-corrected chi connectivity index (χ0v) is 29.1. The lowest BCUT2D eigenvalue weighted by atomic mass is 9.97. The van der Waals surface area contributed by atoms with Crippen LogP contribution < -0.4 is 43.1 Å². The molecule has 0 N–H and O–H groups in total. The molecular formula is C36H52Br2N4. The largest absolute Gasteiger partial charge is 1.00 e. The fourth-order valence-electron chi connectivity index (χ4n) is 7.04. The Hall–Kier alpha value is -1.60. The third-order valence-electron chi connectivity index (χ3n) is 9.42. The van der Waals surface area contributed by atoms with Crippen molar-refractivity contribution in [2.75, 3.05) is 27.2 Å². The molecule has 2 aliphatic heterocycles. The third-order valence-corrected chi connectivity index (χ3v) is 9.42. The topological polar surface area (TPSA) is 14.2 Å². The number of likely N-dealkylation sites (tertiary alicyclic amines) is 2. The summed E-state index contributed by atoms with van der Waals surface area (Å²) in [4.78, 5) is 5.01. The molecule has 0 spiro atoms. The van der Waals surface area contributed by atoms with Crippen LogP contribution in [-0.4, -0.2) is 37.0 Å². The SMILES string of the molecule is CN1CCCC1c1ccc[n+](CCCCCc2ccccc2CCCCC[n+]2cccc([C@@H]3CCCN3C)c2)c1.[Br-].[Br-]. The van der Waals surface area contributed by atoms with E-state index in [-0.39, 0.29) is 34.0 Å².